The summed E-state index contributed by atoms with van der Waals surface area (Å²) in [7, 11) is 0. The van der Waals surface area contributed by atoms with Gasteiger partial charge in [-0.1, -0.05) is 11.6 Å². The Morgan fingerprint density at radius 2 is 1.74 bits per heavy atom. The number of ether oxygens (including phenoxy) is 2. The second-order valence-corrected chi connectivity index (χ2v) is 12.8. The zero-order valence-corrected chi connectivity index (χ0v) is 25.2. The second-order valence-electron chi connectivity index (χ2n) is 11.4. The number of alkyl halides is 3. The monoisotopic (exact) mass is 626 g/mol. The van der Waals surface area contributed by atoms with E-state index in [4.69, 9.17) is 21.1 Å². The highest BCUT2D eigenvalue weighted by molar-refractivity contribution is 7.99. The molecule has 226 valence electrons. The Kier molecular flexibility index (Phi) is 7.98. The first-order valence-corrected chi connectivity index (χ1v) is 14.7. The van der Waals surface area contributed by atoms with Crippen LogP contribution in [-0.4, -0.2) is 73.1 Å². The van der Waals surface area contributed by atoms with Gasteiger partial charge in [0, 0.05) is 36.6 Å². The number of amides is 1. The van der Waals surface area contributed by atoms with Gasteiger partial charge in [-0.05, 0) is 46.8 Å². The molecule has 2 aliphatic rings. The Balaban J connectivity index is 1.59. The molecule has 1 aromatic carbocycles. The van der Waals surface area contributed by atoms with E-state index in [1.54, 1.807) is 36.6 Å². The van der Waals surface area contributed by atoms with Crippen LogP contribution >= 0.6 is 23.4 Å². The number of hydrogen-bond acceptors (Lipinski definition) is 9. The van der Waals surface area contributed by atoms with Crippen LogP contribution in [-0.2, 0) is 17.5 Å². The topological polar surface area (TPSA) is 103 Å². The number of nitrogens with zero attached hydrogens (tertiary/aromatic N) is 6. The summed E-state index contributed by atoms with van der Waals surface area (Å²) in [6.07, 6.45) is -2.89. The number of piperazine rings is 1. The van der Waals surface area contributed by atoms with Gasteiger partial charge in [0.05, 0.1) is 39.6 Å². The molecule has 3 aromatic rings. The van der Waals surface area contributed by atoms with Crippen LogP contribution in [0.3, 0.4) is 0 Å². The highest BCUT2D eigenvalue weighted by Gasteiger charge is 2.40. The van der Waals surface area contributed by atoms with Gasteiger partial charge in [-0.25, -0.2) is 19.6 Å². The number of carbonyl (C=O) groups is 1. The molecule has 1 saturated heterocycles. The zero-order chi connectivity index (χ0) is 30.6. The quantitative estimate of drug-likeness (QED) is 0.386. The summed E-state index contributed by atoms with van der Waals surface area (Å²) in [6, 6.07) is 1.89. The number of halogens is 4. The fraction of sp³-hybridized carbons (Fsp3) is 0.519. The Bertz CT molecular complexity index is 1550. The first kappa shape index (κ1) is 30.2. The lowest BCUT2D eigenvalue weighted by Gasteiger charge is -2.45. The number of carbonyl (C=O) groups excluding carboxylic acids is 1. The van der Waals surface area contributed by atoms with E-state index in [2.05, 4.69) is 15.0 Å². The van der Waals surface area contributed by atoms with Gasteiger partial charge in [-0.3, -0.25) is 9.47 Å². The smallest absolute Gasteiger partial charge is 0.417 e. The first-order chi connectivity index (χ1) is 19.6. The molecule has 0 spiro atoms. The van der Waals surface area contributed by atoms with Crippen molar-refractivity contribution in [2.75, 3.05) is 23.7 Å². The third-order valence-corrected chi connectivity index (χ3v) is 8.61. The molecule has 15 heteroatoms. The van der Waals surface area contributed by atoms with E-state index in [0.717, 1.165) is 17.8 Å². The lowest BCUT2D eigenvalue weighted by atomic mass is 10.1. The number of thioether (sulfide) groups is 1. The van der Waals surface area contributed by atoms with Crippen LogP contribution in [0.5, 0.6) is 6.01 Å². The summed E-state index contributed by atoms with van der Waals surface area (Å²) in [6.45, 7) is 9.40. The van der Waals surface area contributed by atoms with Crippen molar-refractivity contribution in [2.24, 2.45) is 0 Å². The van der Waals surface area contributed by atoms with E-state index in [1.165, 1.54) is 17.0 Å². The number of rotatable bonds is 3. The van der Waals surface area contributed by atoms with E-state index in [-0.39, 0.29) is 65.1 Å². The molecule has 2 aliphatic heterocycles. The van der Waals surface area contributed by atoms with E-state index in [0.29, 0.717) is 0 Å². The predicted molar refractivity (Wildman–Crippen MR) is 152 cm³/mol. The van der Waals surface area contributed by atoms with Gasteiger partial charge in [0.2, 0.25) is 0 Å². The van der Waals surface area contributed by atoms with E-state index < -0.39 is 40.3 Å². The van der Waals surface area contributed by atoms with Crippen molar-refractivity contribution in [2.45, 2.75) is 76.0 Å². The summed E-state index contributed by atoms with van der Waals surface area (Å²) in [5.74, 6) is 0.288. The van der Waals surface area contributed by atoms with Gasteiger partial charge in [-0.2, -0.15) is 18.2 Å². The molecule has 1 amide bonds. The normalized spacial score (nSPS) is 21.3. The van der Waals surface area contributed by atoms with Crippen LogP contribution in [0.25, 0.3) is 10.9 Å². The maximum Gasteiger partial charge on any atom is 0.417 e. The van der Waals surface area contributed by atoms with E-state index >= 15 is 0 Å². The minimum absolute atomic E-state index is 0.00177. The fourth-order valence-corrected chi connectivity index (χ4v) is 6.82. The average Bonchev–Trinajstić information content (AvgIpc) is 3.06. The van der Waals surface area contributed by atoms with Crippen molar-refractivity contribution >= 4 is 46.2 Å². The minimum atomic E-state index is -4.75. The number of aromatic nitrogens is 4. The molecule has 0 radical (unpaired) electrons. The standard InChI is InChI=1S/C27H30ClF3N6O4S/c1-14-10-35(11-15(2)37(14)25(39)41-26(3,4)5)22-17-9-18(27(29,30)31)19(28)21-20(17)36(24(38)34-22)12-16(13-42-21)40-23-32-7-6-8-33-23/h6-9,14-16H,10-13H2,1-5H3/t14-,15+,16-/m0/s1. The van der Waals surface area contributed by atoms with Crippen LogP contribution < -0.4 is 15.3 Å². The molecular weight excluding hydrogens is 597 g/mol. The van der Waals surface area contributed by atoms with Gasteiger partial charge >= 0.3 is 24.0 Å². The largest absolute Gasteiger partial charge is 0.457 e. The molecule has 2 aromatic heterocycles. The van der Waals surface area contributed by atoms with Crippen LogP contribution in [0, 0.1) is 0 Å². The van der Waals surface area contributed by atoms with Crippen molar-refractivity contribution in [3.05, 3.63) is 45.6 Å². The van der Waals surface area contributed by atoms with Crippen LogP contribution in [0.2, 0.25) is 5.02 Å². The Hall–Kier alpha value is -3.26. The number of hydrogen-bond donors (Lipinski definition) is 0. The summed E-state index contributed by atoms with van der Waals surface area (Å²) in [4.78, 5) is 42.3. The average molecular weight is 627 g/mol. The molecule has 3 atom stereocenters. The summed E-state index contributed by atoms with van der Waals surface area (Å²) in [5, 5.41) is -0.353. The molecule has 0 unspecified atom stereocenters. The highest BCUT2D eigenvalue weighted by atomic mass is 35.5. The molecule has 10 nitrogen and oxygen atoms in total. The van der Waals surface area contributed by atoms with E-state index in [1.807, 2.05) is 13.8 Å². The van der Waals surface area contributed by atoms with Crippen molar-refractivity contribution in [1.29, 1.82) is 0 Å². The van der Waals surface area contributed by atoms with Crippen molar-refractivity contribution in [3.8, 4) is 6.01 Å². The number of benzene rings is 1. The van der Waals surface area contributed by atoms with Gasteiger partial charge < -0.3 is 14.4 Å². The summed E-state index contributed by atoms with van der Waals surface area (Å²) >= 11 is 7.46. The fourth-order valence-electron chi connectivity index (χ4n) is 5.29. The van der Waals surface area contributed by atoms with Gasteiger partial charge in [0.25, 0.3) is 0 Å². The van der Waals surface area contributed by atoms with Crippen molar-refractivity contribution < 1.29 is 27.4 Å². The van der Waals surface area contributed by atoms with E-state index in [9.17, 15) is 22.8 Å². The second kappa shape index (κ2) is 11.1. The molecule has 1 fully saturated rings. The molecule has 4 heterocycles. The van der Waals surface area contributed by atoms with Gasteiger partial charge in [0.1, 0.15) is 17.5 Å². The molecule has 0 aliphatic carbocycles. The maximum atomic E-state index is 14.2. The maximum absolute atomic E-state index is 14.2. The van der Waals surface area contributed by atoms with Crippen molar-refractivity contribution in [1.82, 2.24) is 24.4 Å². The lowest BCUT2D eigenvalue weighted by Crippen LogP contribution is -2.59. The SMILES string of the molecule is C[C@@H]1CN(c2nc(=O)n3c4c(c(Cl)c(C(F)(F)F)cc24)SC[C@@H](Oc2ncccn2)C3)C[C@H](C)N1C(=O)OC(C)(C)C. The van der Waals surface area contributed by atoms with Crippen LogP contribution in [0.1, 0.15) is 40.2 Å². The molecule has 0 saturated carbocycles. The van der Waals surface area contributed by atoms with Gasteiger partial charge in [-0.15, -0.1) is 11.8 Å². The molecule has 5 rings (SSSR count). The molecule has 0 N–H and O–H groups in total. The zero-order valence-electron chi connectivity index (χ0n) is 23.6. The highest BCUT2D eigenvalue weighted by Crippen LogP contribution is 2.46. The van der Waals surface area contributed by atoms with Crippen molar-refractivity contribution in [3.63, 3.8) is 0 Å². The molecule has 42 heavy (non-hydrogen) atoms. The van der Waals surface area contributed by atoms with Crippen LogP contribution in [0.15, 0.2) is 34.2 Å². The number of anilines is 1. The molecular formula is C27H30ClF3N6O4S. The minimum Gasteiger partial charge on any atom is -0.457 e. The van der Waals surface area contributed by atoms with Crippen LogP contribution in [0.4, 0.5) is 23.8 Å². The summed E-state index contributed by atoms with van der Waals surface area (Å²) < 4.78 is 55.5. The summed E-state index contributed by atoms with van der Waals surface area (Å²) in [5.41, 5.74) is -2.12. The Morgan fingerprint density at radius 3 is 2.33 bits per heavy atom. The first-order valence-electron chi connectivity index (χ1n) is 13.3. The lowest BCUT2D eigenvalue weighted by molar-refractivity contribution is -0.137. The predicted octanol–water partition coefficient (Wildman–Crippen LogP) is 5.25. The Labute approximate surface area is 249 Å². The third kappa shape index (κ3) is 5.96. The Morgan fingerprint density at radius 1 is 1.10 bits per heavy atom. The molecule has 0 bridgehead atoms. The third-order valence-electron chi connectivity index (χ3n) is 6.88. The van der Waals surface area contributed by atoms with Gasteiger partial charge in [0.15, 0.2) is 0 Å².